The van der Waals surface area contributed by atoms with Crippen molar-refractivity contribution in [2.45, 2.75) is 26.3 Å². The average Bonchev–Trinajstić information content (AvgIpc) is 2.61. The van der Waals surface area contributed by atoms with Gasteiger partial charge in [-0.15, -0.1) is 0 Å². The van der Waals surface area contributed by atoms with Gasteiger partial charge in [0.2, 0.25) is 5.91 Å². The average molecular weight is 326 g/mol. The molecule has 0 radical (unpaired) electrons. The van der Waals surface area contributed by atoms with Crippen LogP contribution < -0.4 is 16.4 Å². The molecule has 2 unspecified atom stereocenters. The highest BCUT2D eigenvalue weighted by Crippen LogP contribution is 2.15. The predicted molar refractivity (Wildman–Crippen MR) is 94.7 cm³/mol. The molecule has 0 aliphatic rings. The summed E-state index contributed by atoms with van der Waals surface area (Å²) < 4.78 is 0. The van der Waals surface area contributed by atoms with Gasteiger partial charge in [-0.05, 0) is 36.2 Å². The molecule has 0 fully saturated rings. The number of aromatic nitrogens is 1. The van der Waals surface area contributed by atoms with E-state index in [1.807, 2.05) is 13.8 Å². The van der Waals surface area contributed by atoms with Crippen LogP contribution in [-0.2, 0) is 4.79 Å². The molecule has 0 aliphatic carbocycles. The molecule has 126 valence electrons. The minimum Gasteiger partial charge on any atom is -0.325 e. The molecule has 2 atom stereocenters. The Balaban J connectivity index is 2.06. The van der Waals surface area contributed by atoms with Crippen LogP contribution in [0.4, 0.5) is 11.4 Å². The first-order chi connectivity index (χ1) is 11.5. The number of hydrogen-bond acceptors (Lipinski definition) is 4. The molecule has 2 rings (SSSR count). The summed E-state index contributed by atoms with van der Waals surface area (Å²) >= 11 is 0. The fourth-order valence-electron chi connectivity index (χ4n) is 2.11. The highest BCUT2D eigenvalue weighted by molar-refractivity contribution is 6.05. The van der Waals surface area contributed by atoms with Gasteiger partial charge in [0.1, 0.15) is 0 Å². The number of rotatable bonds is 6. The fourth-order valence-corrected chi connectivity index (χ4v) is 2.11. The highest BCUT2D eigenvalue weighted by atomic mass is 16.2. The number of carbonyl (C=O) groups is 2. The van der Waals surface area contributed by atoms with Crippen LogP contribution in [0.2, 0.25) is 0 Å². The number of benzene rings is 1. The molecular formula is C18H22N4O2. The van der Waals surface area contributed by atoms with Crippen molar-refractivity contribution in [1.29, 1.82) is 0 Å². The molecule has 6 heteroatoms. The summed E-state index contributed by atoms with van der Waals surface area (Å²) in [5, 5.41) is 5.53. The van der Waals surface area contributed by atoms with Crippen molar-refractivity contribution in [3.63, 3.8) is 0 Å². The number of anilines is 2. The van der Waals surface area contributed by atoms with Gasteiger partial charge >= 0.3 is 0 Å². The van der Waals surface area contributed by atoms with Gasteiger partial charge in [0.15, 0.2) is 0 Å². The third-order valence-corrected chi connectivity index (χ3v) is 3.89. The van der Waals surface area contributed by atoms with Gasteiger partial charge in [0, 0.05) is 29.3 Å². The first-order valence-electron chi connectivity index (χ1n) is 7.89. The first kappa shape index (κ1) is 17.6. The van der Waals surface area contributed by atoms with Crippen LogP contribution in [0.1, 0.15) is 30.6 Å². The lowest BCUT2D eigenvalue weighted by Crippen LogP contribution is -2.40. The summed E-state index contributed by atoms with van der Waals surface area (Å²) in [4.78, 5) is 28.3. The third-order valence-electron chi connectivity index (χ3n) is 3.89. The van der Waals surface area contributed by atoms with E-state index in [-0.39, 0.29) is 17.7 Å². The second-order valence-electron chi connectivity index (χ2n) is 5.67. The van der Waals surface area contributed by atoms with Crippen molar-refractivity contribution in [3.8, 4) is 0 Å². The molecule has 24 heavy (non-hydrogen) atoms. The molecular weight excluding hydrogens is 304 g/mol. The minimum atomic E-state index is -0.579. The van der Waals surface area contributed by atoms with Gasteiger partial charge < -0.3 is 16.4 Å². The molecule has 4 N–H and O–H groups in total. The van der Waals surface area contributed by atoms with E-state index in [0.717, 1.165) is 6.42 Å². The maximum Gasteiger partial charge on any atom is 0.255 e. The molecule has 2 aromatic rings. The third kappa shape index (κ3) is 4.63. The molecule has 0 aliphatic heterocycles. The zero-order valence-electron chi connectivity index (χ0n) is 13.8. The lowest BCUT2D eigenvalue weighted by Gasteiger charge is -2.18. The van der Waals surface area contributed by atoms with E-state index in [0.29, 0.717) is 16.9 Å². The SMILES string of the molecule is CCC(C)C(N)C(=O)Nc1cccc(C(=O)Nc2ccncc2)c1. The molecule has 1 aromatic heterocycles. The van der Waals surface area contributed by atoms with E-state index in [9.17, 15) is 9.59 Å². The summed E-state index contributed by atoms with van der Waals surface area (Å²) in [6, 6.07) is 9.57. The quantitative estimate of drug-likeness (QED) is 0.760. The maximum atomic E-state index is 12.3. The van der Waals surface area contributed by atoms with E-state index in [1.165, 1.54) is 0 Å². The molecule has 1 heterocycles. The van der Waals surface area contributed by atoms with Crippen molar-refractivity contribution in [3.05, 3.63) is 54.4 Å². The summed E-state index contributed by atoms with van der Waals surface area (Å²) in [6.45, 7) is 3.92. The first-order valence-corrected chi connectivity index (χ1v) is 7.89. The van der Waals surface area contributed by atoms with Crippen LogP contribution >= 0.6 is 0 Å². The van der Waals surface area contributed by atoms with Gasteiger partial charge in [-0.3, -0.25) is 14.6 Å². The highest BCUT2D eigenvalue weighted by Gasteiger charge is 2.19. The lowest BCUT2D eigenvalue weighted by atomic mass is 9.99. The Morgan fingerprint density at radius 3 is 2.50 bits per heavy atom. The molecule has 6 nitrogen and oxygen atoms in total. The van der Waals surface area contributed by atoms with E-state index in [4.69, 9.17) is 5.73 Å². The van der Waals surface area contributed by atoms with Crippen molar-refractivity contribution in [2.24, 2.45) is 11.7 Å². The summed E-state index contributed by atoms with van der Waals surface area (Å²) in [5.74, 6) is -0.428. The van der Waals surface area contributed by atoms with Gasteiger partial charge in [-0.25, -0.2) is 0 Å². The van der Waals surface area contributed by atoms with Crippen LogP contribution in [0, 0.1) is 5.92 Å². The molecule has 1 aromatic carbocycles. The number of pyridine rings is 1. The molecule has 0 bridgehead atoms. The summed E-state index contributed by atoms with van der Waals surface area (Å²) in [5.41, 5.74) is 7.57. The minimum absolute atomic E-state index is 0.0863. The second-order valence-corrected chi connectivity index (χ2v) is 5.67. The van der Waals surface area contributed by atoms with Crippen molar-refractivity contribution < 1.29 is 9.59 Å². The fraction of sp³-hybridized carbons (Fsp3) is 0.278. The van der Waals surface area contributed by atoms with E-state index < -0.39 is 6.04 Å². The summed E-state index contributed by atoms with van der Waals surface area (Å²) in [7, 11) is 0. The number of nitrogens with two attached hydrogens (primary N) is 1. The topological polar surface area (TPSA) is 97.1 Å². The standard InChI is InChI=1S/C18H22N4O2/c1-3-12(2)16(19)18(24)22-15-6-4-5-13(11-15)17(23)21-14-7-9-20-10-8-14/h4-12,16H,3,19H2,1-2H3,(H,22,24)(H,20,21,23). The number of hydrogen-bond donors (Lipinski definition) is 3. The zero-order valence-corrected chi connectivity index (χ0v) is 13.8. The maximum absolute atomic E-state index is 12.3. The normalized spacial score (nSPS) is 13.0. The predicted octanol–water partition coefficient (Wildman–Crippen LogP) is 2.65. The Kier molecular flexibility index (Phi) is 6.03. The Morgan fingerprint density at radius 2 is 1.83 bits per heavy atom. The van der Waals surface area contributed by atoms with Crippen LogP contribution in [0.15, 0.2) is 48.8 Å². The Bertz CT molecular complexity index is 703. The van der Waals surface area contributed by atoms with Crippen molar-refractivity contribution in [2.75, 3.05) is 10.6 Å². The second kappa shape index (κ2) is 8.21. The Hall–Kier alpha value is -2.73. The van der Waals surface area contributed by atoms with Crippen LogP contribution in [0.5, 0.6) is 0 Å². The lowest BCUT2D eigenvalue weighted by molar-refractivity contribution is -0.118. The van der Waals surface area contributed by atoms with Crippen LogP contribution in [-0.4, -0.2) is 22.8 Å². The van der Waals surface area contributed by atoms with Gasteiger partial charge in [-0.1, -0.05) is 26.3 Å². The van der Waals surface area contributed by atoms with Crippen LogP contribution in [0.25, 0.3) is 0 Å². The van der Waals surface area contributed by atoms with Gasteiger partial charge in [0.25, 0.3) is 5.91 Å². The molecule has 0 spiro atoms. The number of nitrogens with zero attached hydrogens (tertiary/aromatic N) is 1. The van der Waals surface area contributed by atoms with Crippen molar-refractivity contribution in [1.82, 2.24) is 4.98 Å². The number of carbonyl (C=O) groups excluding carboxylic acids is 2. The van der Waals surface area contributed by atoms with Crippen LogP contribution in [0.3, 0.4) is 0 Å². The van der Waals surface area contributed by atoms with E-state index in [2.05, 4.69) is 15.6 Å². The smallest absolute Gasteiger partial charge is 0.255 e. The number of nitrogens with one attached hydrogen (secondary N) is 2. The van der Waals surface area contributed by atoms with Gasteiger partial charge in [0.05, 0.1) is 6.04 Å². The van der Waals surface area contributed by atoms with E-state index >= 15 is 0 Å². The summed E-state index contributed by atoms with van der Waals surface area (Å²) in [6.07, 6.45) is 4.02. The largest absolute Gasteiger partial charge is 0.325 e. The van der Waals surface area contributed by atoms with E-state index in [1.54, 1.807) is 48.8 Å². The van der Waals surface area contributed by atoms with Crippen molar-refractivity contribution >= 4 is 23.2 Å². The zero-order chi connectivity index (χ0) is 17.5. The Labute approximate surface area is 141 Å². The molecule has 0 saturated carbocycles. The number of amides is 2. The van der Waals surface area contributed by atoms with Gasteiger partial charge in [-0.2, -0.15) is 0 Å². The molecule has 2 amide bonds. The Morgan fingerprint density at radius 1 is 1.12 bits per heavy atom. The monoisotopic (exact) mass is 326 g/mol. The molecule has 0 saturated heterocycles.